The van der Waals surface area contributed by atoms with Crippen molar-refractivity contribution in [1.29, 1.82) is 0 Å². The third-order valence-corrected chi connectivity index (χ3v) is 5.43. The number of urea groups is 1. The predicted octanol–water partition coefficient (Wildman–Crippen LogP) is 4.75. The first kappa shape index (κ1) is 21.5. The van der Waals surface area contributed by atoms with E-state index >= 15 is 0 Å². The van der Waals surface area contributed by atoms with Crippen LogP contribution in [0.15, 0.2) is 71.7 Å². The lowest BCUT2D eigenvalue weighted by Gasteiger charge is -2.21. The average molecular weight is 451 g/mol. The van der Waals surface area contributed by atoms with Crippen LogP contribution in [0.1, 0.15) is 16.7 Å². The Hall–Kier alpha value is -3.71. The van der Waals surface area contributed by atoms with Crippen LogP contribution in [0, 0.1) is 12.7 Å². The van der Waals surface area contributed by atoms with Crippen molar-refractivity contribution in [2.24, 2.45) is 4.99 Å². The van der Waals surface area contributed by atoms with Gasteiger partial charge in [-0.15, -0.1) is 0 Å². The van der Waals surface area contributed by atoms with Gasteiger partial charge in [0, 0.05) is 18.2 Å². The molecule has 3 aromatic carbocycles. The highest BCUT2D eigenvalue weighted by Gasteiger charge is 2.31. The zero-order valence-corrected chi connectivity index (χ0v) is 18.2. The second kappa shape index (κ2) is 8.80. The van der Waals surface area contributed by atoms with Crippen molar-refractivity contribution in [2.45, 2.75) is 13.1 Å². The van der Waals surface area contributed by atoms with Crippen LogP contribution in [-0.4, -0.2) is 30.9 Å². The number of para-hydroxylation sites is 1. The Bertz CT molecular complexity index is 1240. The molecule has 162 valence electrons. The monoisotopic (exact) mass is 450 g/mol. The molecule has 8 heteroatoms. The molecule has 0 fully saturated rings. The number of aryl methyl sites for hydroxylation is 1. The lowest BCUT2D eigenvalue weighted by Crippen LogP contribution is -2.47. The van der Waals surface area contributed by atoms with Gasteiger partial charge in [0.05, 0.1) is 22.1 Å². The van der Waals surface area contributed by atoms with Gasteiger partial charge in [-0.3, -0.25) is 4.79 Å². The van der Waals surface area contributed by atoms with Crippen molar-refractivity contribution in [1.82, 2.24) is 5.32 Å². The summed E-state index contributed by atoms with van der Waals surface area (Å²) in [5.74, 6) is -0.943. The van der Waals surface area contributed by atoms with E-state index in [1.165, 1.54) is 11.0 Å². The van der Waals surface area contributed by atoms with Gasteiger partial charge < -0.3 is 15.5 Å². The quantitative estimate of drug-likeness (QED) is 0.604. The highest BCUT2D eigenvalue weighted by atomic mass is 35.5. The third-order valence-electron chi connectivity index (χ3n) is 5.11. The fraction of sp³-hybridized carbons (Fsp3) is 0.125. The van der Waals surface area contributed by atoms with E-state index in [-0.39, 0.29) is 11.3 Å². The number of amides is 3. The lowest BCUT2D eigenvalue weighted by molar-refractivity contribution is -0.119. The summed E-state index contributed by atoms with van der Waals surface area (Å²) in [6, 6.07) is 17.8. The molecule has 1 atom stereocenters. The molecule has 3 amide bonds. The van der Waals surface area contributed by atoms with E-state index in [2.05, 4.69) is 15.6 Å². The number of aliphatic imine (C=N–C) groups is 1. The minimum Gasteiger partial charge on any atom is -0.311 e. The maximum Gasteiger partial charge on any atom is 0.321 e. The molecule has 0 radical (unpaired) electrons. The Morgan fingerprint density at radius 2 is 1.75 bits per heavy atom. The van der Waals surface area contributed by atoms with Gasteiger partial charge in [-0.25, -0.2) is 14.2 Å². The molecular formula is C24H20ClFN4O2. The first-order chi connectivity index (χ1) is 15.3. The van der Waals surface area contributed by atoms with Crippen molar-refractivity contribution in [3.63, 3.8) is 0 Å². The number of likely N-dealkylation sites (N-methyl/N-ethyl adjacent to an activating group) is 1. The second-order valence-electron chi connectivity index (χ2n) is 7.36. The third kappa shape index (κ3) is 4.20. The average Bonchev–Trinajstić information content (AvgIpc) is 2.87. The zero-order valence-electron chi connectivity index (χ0n) is 17.4. The van der Waals surface area contributed by atoms with Crippen LogP contribution in [-0.2, 0) is 4.79 Å². The molecule has 1 heterocycles. The summed E-state index contributed by atoms with van der Waals surface area (Å²) < 4.78 is 14.7. The van der Waals surface area contributed by atoms with Crippen molar-refractivity contribution in [2.75, 3.05) is 17.3 Å². The van der Waals surface area contributed by atoms with E-state index < -0.39 is 23.9 Å². The highest BCUT2D eigenvalue weighted by molar-refractivity contribution is 6.33. The summed E-state index contributed by atoms with van der Waals surface area (Å²) in [4.78, 5) is 31.7. The van der Waals surface area contributed by atoms with Crippen molar-refractivity contribution >= 4 is 40.6 Å². The molecule has 0 aliphatic carbocycles. The van der Waals surface area contributed by atoms with Crippen LogP contribution in [0.5, 0.6) is 0 Å². The first-order valence-electron chi connectivity index (χ1n) is 9.88. The molecular weight excluding hydrogens is 431 g/mol. The van der Waals surface area contributed by atoms with E-state index in [0.29, 0.717) is 22.0 Å². The first-order valence-corrected chi connectivity index (χ1v) is 10.3. The molecule has 2 N–H and O–H groups in total. The standard InChI is InChI=1S/C24H20ClFN4O2/c1-14-11-12-19(17(25)13-14)27-24(32)29-22-23(31)30(2)20-10-6-4-8-16(20)21(28-22)15-7-3-5-9-18(15)26/h3-13,22H,1-2H3,(H2,27,29,32). The Morgan fingerprint density at radius 1 is 1.06 bits per heavy atom. The van der Waals surface area contributed by atoms with Crippen LogP contribution >= 0.6 is 11.6 Å². The summed E-state index contributed by atoms with van der Waals surface area (Å²) >= 11 is 6.19. The molecule has 4 rings (SSSR count). The molecule has 0 spiro atoms. The van der Waals surface area contributed by atoms with Gasteiger partial charge in [0.15, 0.2) is 0 Å². The van der Waals surface area contributed by atoms with E-state index in [1.54, 1.807) is 67.7 Å². The normalized spacial score (nSPS) is 15.5. The number of halogens is 2. The minimum atomic E-state index is -1.27. The number of nitrogens with zero attached hydrogens (tertiary/aromatic N) is 2. The smallest absolute Gasteiger partial charge is 0.311 e. The van der Waals surface area contributed by atoms with Gasteiger partial charge in [0.2, 0.25) is 6.17 Å². The minimum absolute atomic E-state index is 0.233. The second-order valence-corrected chi connectivity index (χ2v) is 7.76. The summed E-state index contributed by atoms with van der Waals surface area (Å²) in [5, 5.41) is 5.57. The number of fused-ring (bicyclic) bond motifs is 1. The van der Waals surface area contributed by atoms with Gasteiger partial charge in [0.25, 0.3) is 5.91 Å². The Morgan fingerprint density at radius 3 is 2.47 bits per heavy atom. The maximum absolute atomic E-state index is 14.7. The molecule has 1 aliphatic heterocycles. The summed E-state index contributed by atoms with van der Waals surface area (Å²) in [6.45, 7) is 1.88. The van der Waals surface area contributed by atoms with Crippen molar-refractivity contribution in [3.8, 4) is 0 Å². The molecule has 6 nitrogen and oxygen atoms in total. The lowest BCUT2D eigenvalue weighted by atomic mass is 10.00. The van der Waals surface area contributed by atoms with E-state index in [4.69, 9.17) is 11.6 Å². The number of hydrogen-bond acceptors (Lipinski definition) is 3. The number of carbonyl (C=O) groups is 2. The Balaban J connectivity index is 1.71. The van der Waals surface area contributed by atoms with Crippen LogP contribution in [0.3, 0.4) is 0 Å². The highest BCUT2D eigenvalue weighted by Crippen LogP contribution is 2.28. The summed E-state index contributed by atoms with van der Waals surface area (Å²) in [5.41, 5.74) is 2.99. The van der Waals surface area contributed by atoms with Gasteiger partial charge in [-0.05, 0) is 42.8 Å². The summed E-state index contributed by atoms with van der Waals surface area (Å²) in [6.07, 6.45) is -1.27. The van der Waals surface area contributed by atoms with Crippen LogP contribution < -0.4 is 15.5 Å². The Kier molecular flexibility index (Phi) is 5.92. The topological polar surface area (TPSA) is 73.8 Å². The molecule has 32 heavy (non-hydrogen) atoms. The molecule has 0 aromatic heterocycles. The van der Waals surface area contributed by atoms with E-state index in [9.17, 15) is 14.0 Å². The largest absolute Gasteiger partial charge is 0.321 e. The fourth-order valence-corrected chi connectivity index (χ4v) is 3.77. The number of benzodiazepines with no additional fused rings is 1. The molecule has 0 saturated heterocycles. The van der Waals surface area contributed by atoms with E-state index in [0.717, 1.165) is 5.56 Å². The van der Waals surface area contributed by atoms with Gasteiger partial charge in [-0.2, -0.15) is 0 Å². The molecule has 3 aromatic rings. The van der Waals surface area contributed by atoms with Crippen LogP contribution in [0.4, 0.5) is 20.6 Å². The van der Waals surface area contributed by atoms with Crippen molar-refractivity contribution < 1.29 is 14.0 Å². The molecule has 1 aliphatic rings. The number of carbonyl (C=O) groups excluding carboxylic acids is 2. The molecule has 1 unspecified atom stereocenters. The number of benzene rings is 3. The Labute approximate surface area is 189 Å². The van der Waals surface area contributed by atoms with Crippen LogP contribution in [0.25, 0.3) is 0 Å². The predicted molar refractivity (Wildman–Crippen MR) is 124 cm³/mol. The van der Waals surface area contributed by atoms with E-state index in [1.807, 2.05) is 6.92 Å². The van der Waals surface area contributed by atoms with Gasteiger partial charge >= 0.3 is 6.03 Å². The van der Waals surface area contributed by atoms with Crippen molar-refractivity contribution in [3.05, 3.63) is 94.3 Å². The number of anilines is 2. The fourth-order valence-electron chi connectivity index (χ4n) is 3.49. The zero-order chi connectivity index (χ0) is 22.8. The molecule has 0 bridgehead atoms. The van der Waals surface area contributed by atoms with Gasteiger partial charge in [-0.1, -0.05) is 48.0 Å². The number of hydrogen-bond donors (Lipinski definition) is 2. The van der Waals surface area contributed by atoms with Gasteiger partial charge in [0.1, 0.15) is 5.82 Å². The SMILES string of the molecule is Cc1ccc(NC(=O)NC2N=C(c3ccccc3F)c3ccccc3N(C)C2=O)c(Cl)c1. The molecule has 0 saturated carbocycles. The number of nitrogens with one attached hydrogen (secondary N) is 2. The number of rotatable bonds is 3. The van der Waals surface area contributed by atoms with Crippen LogP contribution in [0.2, 0.25) is 5.02 Å². The summed E-state index contributed by atoms with van der Waals surface area (Å²) in [7, 11) is 1.59. The maximum atomic E-state index is 14.7.